The first-order valence-corrected chi connectivity index (χ1v) is 9.68. The normalized spacial score (nSPS) is 10.4. The molecule has 0 fully saturated rings. The van der Waals surface area contributed by atoms with Crippen LogP contribution in [0.2, 0.25) is 5.02 Å². The van der Waals surface area contributed by atoms with E-state index < -0.39 is 0 Å². The molecule has 3 aromatic rings. The highest BCUT2D eigenvalue weighted by Gasteiger charge is 2.10. The first-order chi connectivity index (χ1) is 13.1. The summed E-state index contributed by atoms with van der Waals surface area (Å²) in [5, 5.41) is 8.58. The number of hydrogen-bond donors (Lipinski definition) is 2. The van der Waals surface area contributed by atoms with Crippen LogP contribution in [0.3, 0.4) is 0 Å². The first-order valence-electron chi connectivity index (χ1n) is 8.42. The van der Waals surface area contributed by atoms with E-state index in [9.17, 15) is 9.59 Å². The summed E-state index contributed by atoms with van der Waals surface area (Å²) < 4.78 is 0. The van der Waals surface area contributed by atoms with Gasteiger partial charge in [0.05, 0.1) is 5.69 Å². The molecule has 0 radical (unpaired) electrons. The van der Waals surface area contributed by atoms with Gasteiger partial charge < -0.3 is 5.32 Å². The number of carbonyl (C=O) groups excluding carboxylic acids is 2. The number of aryl methyl sites for hydroxylation is 1. The van der Waals surface area contributed by atoms with Gasteiger partial charge in [-0.2, -0.15) is 0 Å². The Morgan fingerprint density at radius 3 is 2.52 bits per heavy atom. The van der Waals surface area contributed by atoms with E-state index in [1.807, 2.05) is 35.7 Å². The molecule has 1 heterocycles. The van der Waals surface area contributed by atoms with E-state index in [-0.39, 0.29) is 11.8 Å². The van der Waals surface area contributed by atoms with Crippen LogP contribution in [-0.4, -0.2) is 16.8 Å². The number of rotatable bonds is 7. The zero-order chi connectivity index (χ0) is 19.1. The lowest BCUT2D eigenvalue weighted by molar-refractivity contribution is -0.121. The number of benzene rings is 2. The van der Waals surface area contributed by atoms with Crippen LogP contribution in [0, 0.1) is 0 Å². The second-order valence-corrected chi connectivity index (χ2v) is 7.16. The zero-order valence-corrected chi connectivity index (χ0v) is 16.0. The van der Waals surface area contributed by atoms with Crippen molar-refractivity contribution in [1.29, 1.82) is 0 Å². The number of amides is 2. The van der Waals surface area contributed by atoms with Crippen molar-refractivity contribution in [1.82, 2.24) is 10.3 Å². The molecular weight excluding hydrogens is 382 g/mol. The molecule has 7 heteroatoms. The summed E-state index contributed by atoms with van der Waals surface area (Å²) in [6, 6.07) is 16.4. The van der Waals surface area contributed by atoms with Gasteiger partial charge in [0.1, 0.15) is 0 Å². The Morgan fingerprint density at radius 1 is 1.04 bits per heavy atom. The molecule has 0 saturated carbocycles. The molecule has 2 aromatic carbocycles. The number of thiazole rings is 1. The van der Waals surface area contributed by atoms with Crippen molar-refractivity contribution in [3.05, 3.63) is 81.8 Å². The fourth-order valence-corrected chi connectivity index (χ4v) is 3.24. The van der Waals surface area contributed by atoms with Crippen molar-refractivity contribution in [3.63, 3.8) is 0 Å². The van der Waals surface area contributed by atoms with Gasteiger partial charge in [-0.1, -0.05) is 41.9 Å². The van der Waals surface area contributed by atoms with Crippen molar-refractivity contribution < 1.29 is 9.59 Å². The summed E-state index contributed by atoms with van der Waals surface area (Å²) in [4.78, 5) is 28.5. The molecule has 1 aromatic heterocycles. The highest BCUT2D eigenvalue weighted by Crippen LogP contribution is 2.18. The average Bonchev–Trinajstić information content (AvgIpc) is 3.13. The third kappa shape index (κ3) is 5.91. The Morgan fingerprint density at radius 2 is 1.78 bits per heavy atom. The molecule has 2 amide bonds. The van der Waals surface area contributed by atoms with E-state index >= 15 is 0 Å². The minimum absolute atomic E-state index is 0.0291. The topological polar surface area (TPSA) is 71.1 Å². The monoisotopic (exact) mass is 399 g/mol. The van der Waals surface area contributed by atoms with Crippen molar-refractivity contribution >= 4 is 39.9 Å². The van der Waals surface area contributed by atoms with Gasteiger partial charge in [0.15, 0.2) is 5.13 Å². The molecule has 27 heavy (non-hydrogen) atoms. The molecule has 0 aliphatic heterocycles. The van der Waals surface area contributed by atoms with Gasteiger partial charge in [0, 0.05) is 28.9 Å². The summed E-state index contributed by atoms with van der Waals surface area (Å²) in [7, 11) is 0. The van der Waals surface area contributed by atoms with Crippen LogP contribution in [0.25, 0.3) is 0 Å². The number of hydrogen-bond acceptors (Lipinski definition) is 4. The third-order valence-electron chi connectivity index (χ3n) is 3.82. The Bertz CT molecular complexity index is 910. The summed E-state index contributed by atoms with van der Waals surface area (Å²) in [5.74, 6) is -0.272. The summed E-state index contributed by atoms with van der Waals surface area (Å²) in [6.07, 6.45) is 0.870. The van der Waals surface area contributed by atoms with Gasteiger partial charge in [-0.05, 0) is 36.2 Å². The molecule has 0 aliphatic carbocycles. The standard InChI is InChI=1S/C20H18ClN3O2S/c21-16-8-6-15(7-9-16)19(26)24-20-23-17(13-27-20)10-11-18(25)22-12-14-4-2-1-3-5-14/h1-9,13H,10-12H2,(H,22,25)(H,23,24,26). The van der Waals surface area contributed by atoms with Crippen LogP contribution in [0.5, 0.6) is 0 Å². The Kier molecular flexibility index (Phi) is 6.57. The predicted octanol–water partition coefficient (Wildman–Crippen LogP) is 4.30. The number of nitrogens with zero attached hydrogens (tertiary/aromatic N) is 1. The predicted molar refractivity (Wildman–Crippen MR) is 108 cm³/mol. The Hall–Kier alpha value is -2.70. The van der Waals surface area contributed by atoms with E-state index in [1.54, 1.807) is 24.3 Å². The maximum Gasteiger partial charge on any atom is 0.257 e. The van der Waals surface area contributed by atoms with Crippen LogP contribution in [0.1, 0.15) is 28.0 Å². The quantitative estimate of drug-likeness (QED) is 0.622. The number of anilines is 1. The molecular formula is C20H18ClN3O2S. The van der Waals surface area contributed by atoms with Crippen molar-refractivity contribution in [3.8, 4) is 0 Å². The number of carbonyl (C=O) groups is 2. The molecule has 3 rings (SSSR count). The minimum atomic E-state index is -0.242. The smallest absolute Gasteiger partial charge is 0.257 e. The average molecular weight is 400 g/mol. The van der Waals surface area contributed by atoms with Gasteiger partial charge >= 0.3 is 0 Å². The van der Waals surface area contributed by atoms with E-state index in [1.165, 1.54) is 11.3 Å². The number of nitrogens with one attached hydrogen (secondary N) is 2. The molecule has 138 valence electrons. The van der Waals surface area contributed by atoms with E-state index in [2.05, 4.69) is 15.6 Å². The second-order valence-electron chi connectivity index (χ2n) is 5.87. The van der Waals surface area contributed by atoms with E-state index in [4.69, 9.17) is 11.6 Å². The largest absolute Gasteiger partial charge is 0.352 e. The van der Waals surface area contributed by atoms with Gasteiger partial charge in [-0.3, -0.25) is 14.9 Å². The summed E-state index contributed by atoms with van der Waals surface area (Å²) >= 11 is 7.16. The maximum absolute atomic E-state index is 12.2. The first kappa shape index (κ1) is 19.1. The van der Waals surface area contributed by atoms with Crippen LogP contribution < -0.4 is 10.6 Å². The van der Waals surface area contributed by atoms with Gasteiger partial charge in [-0.15, -0.1) is 11.3 Å². The highest BCUT2D eigenvalue weighted by atomic mass is 35.5. The summed E-state index contributed by atoms with van der Waals surface area (Å²) in [5.41, 5.74) is 2.35. The van der Waals surface area contributed by atoms with Crippen LogP contribution in [0.15, 0.2) is 60.0 Å². The lowest BCUT2D eigenvalue weighted by atomic mass is 10.2. The molecule has 0 atom stereocenters. The van der Waals surface area contributed by atoms with Crippen LogP contribution in [-0.2, 0) is 17.8 Å². The number of aromatic nitrogens is 1. The van der Waals surface area contributed by atoms with Crippen molar-refractivity contribution in [2.75, 3.05) is 5.32 Å². The SMILES string of the molecule is O=C(CCc1csc(NC(=O)c2ccc(Cl)cc2)n1)NCc1ccccc1. The van der Waals surface area contributed by atoms with Crippen molar-refractivity contribution in [2.24, 2.45) is 0 Å². The van der Waals surface area contributed by atoms with E-state index in [0.717, 1.165) is 11.3 Å². The zero-order valence-electron chi connectivity index (χ0n) is 14.4. The molecule has 0 saturated heterocycles. The summed E-state index contributed by atoms with van der Waals surface area (Å²) in [6.45, 7) is 0.513. The molecule has 0 aliphatic rings. The molecule has 0 spiro atoms. The molecule has 0 bridgehead atoms. The van der Waals surface area contributed by atoms with Crippen molar-refractivity contribution in [2.45, 2.75) is 19.4 Å². The minimum Gasteiger partial charge on any atom is -0.352 e. The van der Waals surface area contributed by atoms with Gasteiger partial charge in [-0.25, -0.2) is 4.98 Å². The molecule has 0 unspecified atom stereocenters. The van der Waals surface area contributed by atoms with Crippen LogP contribution >= 0.6 is 22.9 Å². The molecule has 2 N–H and O–H groups in total. The van der Waals surface area contributed by atoms with E-state index in [0.29, 0.717) is 35.1 Å². The Balaban J connectivity index is 1.45. The maximum atomic E-state index is 12.2. The van der Waals surface area contributed by atoms with Crippen LogP contribution in [0.4, 0.5) is 5.13 Å². The third-order valence-corrected chi connectivity index (χ3v) is 4.88. The molecule has 5 nitrogen and oxygen atoms in total. The Labute approximate surface area is 166 Å². The van der Waals surface area contributed by atoms with Gasteiger partial charge in [0.25, 0.3) is 5.91 Å². The highest BCUT2D eigenvalue weighted by molar-refractivity contribution is 7.14. The van der Waals surface area contributed by atoms with Gasteiger partial charge in [0.2, 0.25) is 5.91 Å². The fourth-order valence-electron chi connectivity index (χ4n) is 2.38. The lowest BCUT2D eigenvalue weighted by Crippen LogP contribution is -2.23. The fraction of sp³-hybridized carbons (Fsp3) is 0.150. The lowest BCUT2D eigenvalue weighted by Gasteiger charge is -2.04. The number of halogens is 1. The second kappa shape index (κ2) is 9.30.